The van der Waals surface area contributed by atoms with E-state index in [0.29, 0.717) is 19.3 Å². The normalized spacial score (nSPS) is 12.6. The third-order valence-electron chi connectivity index (χ3n) is 11.2. The molecule has 0 aliphatic heterocycles. The average Bonchev–Trinajstić information content (AvgIpc) is 3.28. The maximum atomic E-state index is 12.8. The Balaban J connectivity index is 4.48. The number of allylic oxidation sites excluding steroid dienone is 12. The minimum atomic E-state index is -0.802. The van der Waals surface area contributed by atoms with E-state index in [1.807, 2.05) is 0 Å². The molecule has 0 rings (SSSR count). The van der Waals surface area contributed by atoms with Gasteiger partial charge >= 0.3 is 17.9 Å². The van der Waals surface area contributed by atoms with E-state index in [1.165, 1.54) is 116 Å². The Morgan fingerprint density at radius 2 is 0.603 bits per heavy atom. The zero-order chi connectivity index (χ0) is 45.8. The number of unbranched alkanes of at least 4 members (excludes halogenated alkanes) is 24. The molecule has 0 aliphatic rings. The Hall–Kier alpha value is -3.15. The van der Waals surface area contributed by atoms with Crippen LogP contribution in [0.4, 0.5) is 0 Å². The zero-order valence-electron chi connectivity index (χ0n) is 41.3. The Labute approximate surface area is 389 Å². The molecule has 0 heterocycles. The van der Waals surface area contributed by atoms with E-state index >= 15 is 0 Å². The van der Waals surface area contributed by atoms with Gasteiger partial charge in [-0.3, -0.25) is 14.4 Å². The van der Waals surface area contributed by atoms with Gasteiger partial charge in [0.2, 0.25) is 0 Å². The second-order valence-corrected chi connectivity index (χ2v) is 17.4. The lowest BCUT2D eigenvalue weighted by atomic mass is 10.0. The van der Waals surface area contributed by atoms with Gasteiger partial charge in [0.25, 0.3) is 0 Å². The SMILES string of the molecule is CCCC/C=C\C/C=C\CCCCCCCC(=O)O[C@@H](COC(=O)CCC/C=C\C/C=C\C/C=C\C/C=C\CCCCC)COC(=O)CCCCCCCCCCCCCCCC. The molecule has 0 N–H and O–H groups in total. The summed E-state index contributed by atoms with van der Waals surface area (Å²) in [7, 11) is 0. The third-order valence-corrected chi connectivity index (χ3v) is 11.2. The van der Waals surface area contributed by atoms with Gasteiger partial charge in [-0.15, -0.1) is 0 Å². The van der Waals surface area contributed by atoms with Crippen LogP contribution in [0.2, 0.25) is 0 Å². The summed E-state index contributed by atoms with van der Waals surface area (Å²) in [5.74, 6) is -0.966. The van der Waals surface area contributed by atoms with Gasteiger partial charge in [-0.05, 0) is 83.5 Å². The van der Waals surface area contributed by atoms with E-state index in [9.17, 15) is 14.4 Å². The highest BCUT2D eigenvalue weighted by Crippen LogP contribution is 2.15. The predicted octanol–water partition coefficient (Wildman–Crippen LogP) is 17.4. The van der Waals surface area contributed by atoms with Crippen LogP contribution in [0.3, 0.4) is 0 Å². The van der Waals surface area contributed by atoms with E-state index in [2.05, 4.69) is 93.7 Å². The fraction of sp³-hybridized carbons (Fsp3) is 0.737. The van der Waals surface area contributed by atoms with E-state index in [4.69, 9.17) is 14.2 Å². The molecule has 6 nitrogen and oxygen atoms in total. The first-order chi connectivity index (χ1) is 31.0. The summed E-state index contributed by atoms with van der Waals surface area (Å²) in [6.07, 6.45) is 64.6. The topological polar surface area (TPSA) is 78.9 Å². The average molecular weight is 879 g/mol. The van der Waals surface area contributed by atoms with Crippen molar-refractivity contribution in [2.75, 3.05) is 13.2 Å². The zero-order valence-corrected chi connectivity index (χ0v) is 41.3. The number of hydrogen-bond donors (Lipinski definition) is 0. The Kier molecular flexibility index (Phi) is 48.9. The second-order valence-electron chi connectivity index (χ2n) is 17.4. The summed E-state index contributed by atoms with van der Waals surface area (Å²) < 4.78 is 16.8. The number of hydrogen-bond acceptors (Lipinski definition) is 6. The van der Waals surface area contributed by atoms with Crippen LogP contribution in [-0.2, 0) is 28.6 Å². The second kappa shape index (κ2) is 51.5. The van der Waals surface area contributed by atoms with Crippen LogP contribution < -0.4 is 0 Å². The first-order valence-corrected chi connectivity index (χ1v) is 26.4. The largest absolute Gasteiger partial charge is 0.462 e. The first-order valence-electron chi connectivity index (χ1n) is 26.4. The van der Waals surface area contributed by atoms with Crippen LogP contribution >= 0.6 is 0 Å². The molecule has 0 aromatic heterocycles. The van der Waals surface area contributed by atoms with Gasteiger partial charge in [-0.25, -0.2) is 0 Å². The molecular weight excluding hydrogens is 781 g/mol. The van der Waals surface area contributed by atoms with Crippen LogP contribution in [0.25, 0.3) is 0 Å². The van der Waals surface area contributed by atoms with Crippen molar-refractivity contribution in [3.05, 3.63) is 72.9 Å². The number of rotatable bonds is 47. The smallest absolute Gasteiger partial charge is 0.306 e. The van der Waals surface area contributed by atoms with Crippen LogP contribution in [-0.4, -0.2) is 37.2 Å². The van der Waals surface area contributed by atoms with Gasteiger partial charge in [0.15, 0.2) is 6.10 Å². The molecule has 0 aromatic rings. The highest BCUT2D eigenvalue weighted by Gasteiger charge is 2.19. The fourth-order valence-corrected chi connectivity index (χ4v) is 7.16. The fourth-order valence-electron chi connectivity index (χ4n) is 7.16. The molecule has 362 valence electrons. The van der Waals surface area contributed by atoms with Gasteiger partial charge in [-0.1, -0.05) is 222 Å². The van der Waals surface area contributed by atoms with Gasteiger partial charge in [0.1, 0.15) is 13.2 Å². The summed E-state index contributed by atoms with van der Waals surface area (Å²) in [5, 5.41) is 0. The van der Waals surface area contributed by atoms with Crippen LogP contribution in [0.5, 0.6) is 0 Å². The summed E-state index contributed by atoms with van der Waals surface area (Å²) in [6.45, 7) is 6.52. The first kappa shape index (κ1) is 59.9. The summed E-state index contributed by atoms with van der Waals surface area (Å²) >= 11 is 0. The van der Waals surface area contributed by atoms with Crippen molar-refractivity contribution in [2.24, 2.45) is 0 Å². The summed E-state index contributed by atoms with van der Waals surface area (Å²) in [6, 6.07) is 0. The van der Waals surface area contributed by atoms with Crippen molar-refractivity contribution in [3.8, 4) is 0 Å². The van der Waals surface area contributed by atoms with Gasteiger partial charge in [0, 0.05) is 19.3 Å². The highest BCUT2D eigenvalue weighted by atomic mass is 16.6. The number of carbonyl (C=O) groups excluding carboxylic acids is 3. The number of carbonyl (C=O) groups is 3. The Bertz CT molecular complexity index is 1190. The monoisotopic (exact) mass is 879 g/mol. The molecule has 0 amide bonds. The predicted molar refractivity (Wildman–Crippen MR) is 270 cm³/mol. The highest BCUT2D eigenvalue weighted by molar-refractivity contribution is 5.71. The standard InChI is InChI=1S/C57H98O6/c1-4-7-10-13-16-19-22-25-28-29-30-33-35-38-41-44-47-50-56(59)62-53-54(63-57(60)51-48-45-42-39-36-32-27-24-21-18-15-12-9-6-3)52-61-55(58)49-46-43-40-37-34-31-26-23-20-17-14-11-8-5-2/h15-16,18-19,24-25,27-28,30,33,38,41,54H,4-14,17,20-23,26,29,31-32,34-37,39-40,42-53H2,1-3H3/b18-15-,19-16-,27-24-,28-25-,33-30-,41-38-/t54-/m1/s1. The van der Waals surface area contributed by atoms with Crippen molar-refractivity contribution in [2.45, 2.75) is 258 Å². The van der Waals surface area contributed by atoms with E-state index in [-0.39, 0.29) is 37.5 Å². The lowest BCUT2D eigenvalue weighted by Gasteiger charge is -2.18. The molecule has 0 bridgehead atoms. The molecule has 1 atom stereocenters. The third kappa shape index (κ3) is 49.7. The van der Waals surface area contributed by atoms with Crippen molar-refractivity contribution >= 4 is 17.9 Å². The minimum absolute atomic E-state index is 0.0965. The molecule has 0 aliphatic carbocycles. The van der Waals surface area contributed by atoms with Gasteiger partial charge in [-0.2, -0.15) is 0 Å². The lowest BCUT2D eigenvalue weighted by molar-refractivity contribution is -0.167. The van der Waals surface area contributed by atoms with Crippen LogP contribution in [0.15, 0.2) is 72.9 Å². The van der Waals surface area contributed by atoms with Crippen molar-refractivity contribution in [1.82, 2.24) is 0 Å². The van der Waals surface area contributed by atoms with Crippen LogP contribution in [0.1, 0.15) is 252 Å². The molecule has 0 radical (unpaired) electrons. The van der Waals surface area contributed by atoms with E-state index < -0.39 is 6.10 Å². The maximum Gasteiger partial charge on any atom is 0.306 e. The van der Waals surface area contributed by atoms with Crippen molar-refractivity contribution in [1.29, 1.82) is 0 Å². The van der Waals surface area contributed by atoms with Crippen molar-refractivity contribution in [3.63, 3.8) is 0 Å². The van der Waals surface area contributed by atoms with E-state index in [0.717, 1.165) is 89.9 Å². The molecule has 0 spiro atoms. The molecule has 0 saturated carbocycles. The number of ether oxygens (including phenoxy) is 3. The quantitative estimate of drug-likeness (QED) is 0.0262. The molecule has 0 fully saturated rings. The summed E-state index contributed by atoms with van der Waals surface area (Å²) in [4.78, 5) is 38.0. The minimum Gasteiger partial charge on any atom is -0.462 e. The number of esters is 3. The van der Waals surface area contributed by atoms with Crippen molar-refractivity contribution < 1.29 is 28.6 Å². The van der Waals surface area contributed by atoms with E-state index in [1.54, 1.807) is 0 Å². The molecule has 63 heavy (non-hydrogen) atoms. The summed E-state index contributed by atoms with van der Waals surface area (Å²) in [5.41, 5.74) is 0. The molecule has 0 unspecified atom stereocenters. The Morgan fingerprint density at radius 3 is 1.03 bits per heavy atom. The molecule has 6 heteroatoms. The van der Waals surface area contributed by atoms with Gasteiger partial charge in [0.05, 0.1) is 0 Å². The van der Waals surface area contributed by atoms with Crippen LogP contribution in [0, 0.1) is 0 Å². The molecule has 0 saturated heterocycles. The molecular formula is C57H98O6. The lowest BCUT2D eigenvalue weighted by Crippen LogP contribution is -2.30. The molecule has 0 aromatic carbocycles. The van der Waals surface area contributed by atoms with Gasteiger partial charge < -0.3 is 14.2 Å². The maximum absolute atomic E-state index is 12.8. The Morgan fingerprint density at radius 1 is 0.317 bits per heavy atom.